The van der Waals surface area contributed by atoms with Gasteiger partial charge in [-0.1, -0.05) is 20.8 Å². The number of nitrogens with one attached hydrogen (secondary N) is 1. The van der Waals surface area contributed by atoms with E-state index in [4.69, 9.17) is 5.73 Å². The number of nitrogens with zero attached hydrogens (tertiary/aromatic N) is 1. The van der Waals surface area contributed by atoms with E-state index in [1.54, 1.807) is 0 Å². The molecule has 0 aliphatic heterocycles. The summed E-state index contributed by atoms with van der Waals surface area (Å²) in [5.41, 5.74) is 5.84. The van der Waals surface area contributed by atoms with Crippen molar-refractivity contribution < 1.29 is 4.79 Å². The van der Waals surface area contributed by atoms with Gasteiger partial charge in [-0.15, -0.1) is 0 Å². The van der Waals surface area contributed by atoms with Gasteiger partial charge in [-0.25, -0.2) is 0 Å². The van der Waals surface area contributed by atoms with E-state index in [-0.39, 0.29) is 17.4 Å². The molecule has 1 amide bonds. The summed E-state index contributed by atoms with van der Waals surface area (Å²) in [6.45, 7) is 13.8. The molecular formula is C13H29N3O. The third kappa shape index (κ3) is 8.16. The van der Waals surface area contributed by atoms with Gasteiger partial charge < -0.3 is 16.0 Å². The number of hydrogen-bond donors (Lipinski definition) is 2. The maximum atomic E-state index is 11.5. The molecule has 0 aromatic rings. The number of hydrogen-bond acceptors (Lipinski definition) is 3. The summed E-state index contributed by atoms with van der Waals surface area (Å²) < 4.78 is 0. The molecule has 0 aromatic heterocycles. The Kier molecular flexibility index (Phi) is 7.39. The van der Waals surface area contributed by atoms with Gasteiger partial charge in [0.05, 0.1) is 0 Å². The third-order valence-corrected chi connectivity index (χ3v) is 2.76. The molecule has 0 saturated carbocycles. The van der Waals surface area contributed by atoms with Crippen LogP contribution in [0.3, 0.4) is 0 Å². The first kappa shape index (κ1) is 16.4. The Labute approximate surface area is 106 Å². The summed E-state index contributed by atoms with van der Waals surface area (Å²) in [6.07, 6.45) is 0.562. The summed E-state index contributed by atoms with van der Waals surface area (Å²) in [5, 5.41) is 2.91. The van der Waals surface area contributed by atoms with E-state index in [1.165, 1.54) is 0 Å². The molecule has 102 valence electrons. The summed E-state index contributed by atoms with van der Waals surface area (Å²) in [4.78, 5) is 13.8. The average molecular weight is 243 g/mol. The molecule has 17 heavy (non-hydrogen) atoms. The molecule has 0 saturated heterocycles. The molecule has 0 bridgehead atoms. The monoisotopic (exact) mass is 243 g/mol. The van der Waals surface area contributed by atoms with Gasteiger partial charge in [-0.05, 0) is 32.4 Å². The topological polar surface area (TPSA) is 58.4 Å². The van der Waals surface area contributed by atoms with Crippen LogP contribution in [0, 0.1) is 5.41 Å². The highest BCUT2D eigenvalue weighted by atomic mass is 16.1. The smallest absolute Gasteiger partial charge is 0.221 e. The van der Waals surface area contributed by atoms with Crippen LogP contribution < -0.4 is 11.1 Å². The Morgan fingerprint density at radius 2 is 2.00 bits per heavy atom. The highest BCUT2D eigenvalue weighted by Crippen LogP contribution is 2.14. The highest BCUT2D eigenvalue weighted by Gasteiger charge is 2.19. The first-order valence-corrected chi connectivity index (χ1v) is 6.52. The van der Waals surface area contributed by atoms with Crippen molar-refractivity contribution in [3.8, 4) is 0 Å². The molecule has 0 atom stereocenters. The molecular weight excluding hydrogens is 214 g/mol. The van der Waals surface area contributed by atoms with Gasteiger partial charge in [-0.2, -0.15) is 0 Å². The van der Waals surface area contributed by atoms with Gasteiger partial charge in [0.15, 0.2) is 0 Å². The van der Waals surface area contributed by atoms with Crippen LogP contribution in [0.5, 0.6) is 0 Å². The molecule has 3 N–H and O–H groups in total. The van der Waals surface area contributed by atoms with Crippen LogP contribution in [0.15, 0.2) is 0 Å². The minimum atomic E-state index is 0.116. The summed E-state index contributed by atoms with van der Waals surface area (Å²) in [7, 11) is 0. The predicted octanol–water partition coefficient (Wildman–Crippen LogP) is 1.21. The second-order valence-electron chi connectivity index (χ2n) is 5.71. The average Bonchev–Trinajstić information content (AvgIpc) is 2.23. The molecule has 0 aliphatic rings. The minimum absolute atomic E-state index is 0.116. The van der Waals surface area contributed by atoms with E-state index >= 15 is 0 Å². The van der Waals surface area contributed by atoms with Crippen molar-refractivity contribution in [1.82, 2.24) is 10.2 Å². The highest BCUT2D eigenvalue weighted by molar-refractivity contribution is 5.76. The quantitative estimate of drug-likeness (QED) is 0.673. The minimum Gasteiger partial charge on any atom is -0.354 e. The van der Waals surface area contributed by atoms with Gasteiger partial charge in [0.25, 0.3) is 0 Å². The van der Waals surface area contributed by atoms with E-state index in [0.717, 1.165) is 19.6 Å². The summed E-state index contributed by atoms with van der Waals surface area (Å²) >= 11 is 0. The van der Waals surface area contributed by atoms with Crippen molar-refractivity contribution in [2.45, 2.75) is 47.1 Å². The molecule has 0 rings (SSSR count). The van der Waals surface area contributed by atoms with E-state index in [2.05, 4.69) is 31.0 Å². The summed E-state index contributed by atoms with van der Waals surface area (Å²) in [5.74, 6) is 0.129. The van der Waals surface area contributed by atoms with Crippen LogP contribution in [-0.4, -0.2) is 43.0 Å². The lowest BCUT2D eigenvalue weighted by molar-refractivity contribution is -0.122. The summed E-state index contributed by atoms with van der Waals surface area (Å²) in [6, 6.07) is 0.220. The van der Waals surface area contributed by atoms with E-state index in [1.807, 2.05) is 13.8 Å². The number of amides is 1. The van der Waals surface area contributed by atoms with Crippen molar-refractivity contribution in [1.29, 1.82) is 0 Å². The number of carbonyl (C=O) groups excluding carboxylic acids is 1. The van der Waals surface area contributed by atoms with Crippen molar-refractivity contribution in [3.05, 3.63) is 0 Å². The zero-order valence-corrected chi connectivity index (χ0v) is 12.0. The number of nitrogens with two attached hydrogens (primary N) is 1. The Balaban J connectivity index is 4.02. The first-order chi connectivity index (χ1) is 7.80. The normalized spacial score (nSPS) is 12.2. The maximum absolute atomic E-state index is 11.5. The predicted molar refractivity (Wildman–Crippen MR) is 72.8 cm³/mol. The maximum Gasteiger partial charge on any atom is 0.221 e. The molecule has 4 heteroatoms. The molecule has 0 radical (unpaired) electrons. The first-order valence-electron chi connectivity index (χ1n) is 6.52. The fraction of sp³-hybridized carbons (Fsp3) is 0.923. The Morgan fingerprint density at radius 1 is 1.41 bits per heavy atom. The second-order valence-corrected chi connectivity index (χ2v) is 5.71. The van der Waals surface area contributed by atoms with Crippen LogP contribution in [0.1, 0.15) is 41.0 Å². The van der Waals surface area contributed by atoms with Gasteiger partial charge in [0, 0.05) is 25.6 Å². The van der Waals surface area contributed by atoms with Gasteiger partial charge in [-0.3, -0.25) is 4.79 Å². The molecule has 0 unspecified atom stereocenters. The second kappa shape index (κ2) is 7.67. The van der Waals surface area contributed by atoms with Crippen LogP contribution >= 0.6 is 0 Å². The van der Waals surface area contributed by atoms with Crippen LogP contribution in [-0.2, 0) is 4.79 Å². The van der Waals surface area contributed by atoms with E-state index < -0.39 is 0 Å². The Bertz CT molecular complexity index is 227. The molecule has 4 nitrogen and oxygen atoms in total. The van der Waals surface area contributed by atoms with Crippen molar-refractivity contribution >= 4 is 5.91 Å². The fourth-order valence-electron chi connectivity index (χ4n) is 1.67. The lowest BCUT2D eigenvalue weighted by Crippen LogP contribution is -2.41. The largest absolute Gasteiger partial charge is 0.354 e. The van der Waals surface area contributed by atoms with Crippen molar-refractivity contribution in [3.63, 3.8) is 0 Å². The molecule has 0 heterocycles. The molecule has 0 spiro atoms. The fourth-order valence-corrected chi connectivity index (χ4v) is 1.67. The van der Waals surface area contributed by atoms with Gasteiger partial charge in [0.1, 0.15) is 0 Å². The Hall–Kier alpha value is -0.610. The standard InChI is InChI=1S/C13H29N3O/c1-6-16(10-13(4,5)9-14)8-7-12(17)15-11(2)3/h11H,6-10,14H2,1-5H3,(H,15,17). The molecule has 0 fully saturated rings. The van der Waals surface area contributed by atoms with E-state index in [0.29, 0.717) is 13.0 Å². The SMILES string of the molecule is CCN(CCC(=O)NC(C)C)CC(C)(C)CN. The molecule has 0 aliphatic carbocycles. The zero-order chi connectivity index (χ0) is 13.5. The third-order valence-electron chi connectivity index (χ3n) is 2.76. The van der Waals surface area contributed by atoms with Gasteiger partial charge >= 0.3 is 0 Å². The van der Waals surface area contributed by atoms with Crippen LogP contribution in [0.2, 0.25) is 0 Å². The van der Waals surface area contributed by atoms with Crippen molar-refractivity contribution in [2.24, 2.45) is 11.1 Å². The Morgan fingerprint density at radius 3 is 2.41 bits per heavy atom. The number of carbonyl (C=O) groups is 1. The zero-order valence-electron chi connectivity index (χ0n) is 12.0. The van der Waals surface area contributed by atoms with Gasteiger partial charge in [0.2, 0.25) is 5.91 Å². The lowest BCUT2D eigenvalue weighted by atomic mass is 9.93. The molecule has 0 aromatic carbocycles. The number of rotatable bonds is 8. The van der Waals surface area contributed by atoms with Crippen LogP contribution in [0.25, 0.3) is 0 Å². The van der Waals surface area contributed by atoms with Crippen LogP contribution in [0.4, 0.5) is 0 Å². The van der Waals surface area contributed by atoms with Crippen molar-refractivity contribution in [2.75, 3.05) is 26.2 Å². The lowest BCUT2D eigenvalue weighted by Gasteiger charge is -2.30. The van der Waals surface area contributed by atoms with E-state index in [9.17, 15) is 4.79 Å².